The fraction of sp³-hybridized carbons (Fsp3) is 0.556. The molecule has 1 aliphatic rings. The van der Waals surface area contributed by atoms with E-state index in [-0.39, 0.29) is 31.5 Å². The van der Waals surface area contributed by atoms with Crippen LogP contribution in [0.2, 0.25) is 0 Å². The molecule has 0 atom stereocenters. The molecule has 2 aromatic heterocycles. The molecule has 0 spiro atoms. The highest BCUT2D eigenvalue weighted by atomic mass is 35.5. The Balaban J connectivity index is 0.00000280. The van der Waals surface area contributed by atoms with Gasteiger partial charge in [-0.3, -0.25) is 9.69 Å². The third-order valence-electron chi connectivity index (χ3n) is 4.61. The topological polar surface area (TPSA) is 97.6 Å². The number of carbonyl (C=O) groups is 2. The summed E-state index contributed by atoms with van der Waals surface area (Å²) in [4.78, 5) is 26.6. The van der Waals surface area contributed by atoms with E-state index in [4.69, 9.17) is 9.15 Å². The SMILES string of the molecule is CCOC(=O)c1cc(-c2csnn2)oc1CNC(=O)CN1CCC(C)CC1.Cl. The first-order valence-corrected chi connectivity index (χ1v) is 9.96. The minimum absolute atomic E-state index is 0. The summed E-state index contributed by atoms with van der Waals surface area (Å²) in [5, 5.41) is 8.52. The average molecular weight is 429 g/mol. The van der Waals surface area contributed by atoms with Gasteiger partial charge in [0.05, 0.1) is 19.7 Å². The van der Waals surface area contributed by atoms with Crippen molar-refractivity contribution in [2.24, 2.45) is 5.92 Å². The normalized spacial score (nSPS) is 15.1. The predicted molar refractivity (Wildman–Crippen MR) is 108 cm³/mol. The molecule has 8 nitrogen and oxygen atoms in total. The highest BCUT2D eigenvalue weighted by Crippen LogP contribution is 2.25. The van der Waals surface area contributed by atoms with Gasteiger partial charge in [0.1, 0.15) is 17.0 Å². The summed E-state index contributed by atoms with van der Waals surface area (Å²) in [5.74, 6) is 0.939. The second kappa shape index (κ2) is 10.5. The third-order valence-corrected chi connectivity index (χ3v) is 5.11. The minimum Gasteiger partial charge on any atom is -0.462 e. The number of piperidine rings is 1. The van der Waals surface area contributed by atoms with E-state index in [1.54, 1.807) is 18.4 Å². The van der Waals surface area contributed by atoms with E-state index < -0.39 is 5.97 Å². The predicted octanol–water partition coefficient (Wildman–Crippen LogP) is 2.74. The van der Waals surface area contributed by atoms with Crippen LogP contribution in [-0.2, 0) is 16.1 Å². The molecule has 1 N–H and O–H groups in total. The lowest BCUT2D eigenvalue weighted by Gasteiger charge is -2.29. The molecule has 0 aromatic carbocycles. The molecule has 0 bridgehead atoms. The van der Waals surface area contributed by atoms with Gasteiger partial charge in [-0.15, -0.1) is 17.5 Å². The molecule has 0 saturated carbocycles. The van der Waals surface area contributed by atoms with Crippen LogP contribution in [0.1, 0.15) is 42.8 Å². The van der Waals surface area contributed by atoms with Crippen LogP contribution >= 0.6 is 23.9 Å². The van der Waals surface area contributed by atoms with Crippen LogP contribution in [0, 0.1) is 5.92 Å². The first-order chi connectivity index (χ1) is 13.1. The Hall–Kier alpha value is -1.97. The lowest BCUT2D eigenvalue weighted by Crippen LogP contribution is -2.41. The number of furan rings is 1. The van der Waals surface area contributed by atoms with Gasteiger partial charge in [-0.05, 0) is 50.3 Å². The number of halogens is 1. The van der Waals surface area contributed by atoms with Gasteiger partial charge in [0.2, 0.25) is 5.91 Å². The van der Waals surface area contributed by atoms with E-state index in [1.165, 1.54) is 11.5 Å². The maximum Gasteiger partial charge on any atom is 0.341 e. The van der Waals surface area contributed by atoms with Gasteiger partial charge in [-0.1, -0.05) is 11.4 Å². The number of rotatable bonds is 7. The number of ether oxygens (including phenoxy) is 1. The van der Waals surface area contributed by atoms with Gasteiger partial charge in [-0.25, -0.2) is 4.79 Å². The van der Waals surface area contributed by atoms with E-state index in [1.807, 2.05) is 0 Å². The Morgan fingerprint density at radius 3 is 2.79 bits per heavy atom. The Labute approximate surface area is 174 Å². The van der Waals surface area contributed by atoms with Crippen molar-refractivity contribution >= 4 is 35.8 Å². The van der Waals surface area contributed by atoms with Gasteiger partial charge in [0, 0.05) is 11.4 Å². The summed E-state index contributed by atoms with van der Waals surface area (Å²) in [5.41, 5.74) is 0.845. The van der Waals surface area contributed by atoms with Crippen molar-refractivity contribution in [3.05, 3.63) is 22.8 Å². The Kier molecular flexibility index (Phi) is 8.40. The molecule has 1 saturated heterocycles. The number of esters is 1. The lowest BCUT2D eigenvalue weighted by molar-refractivity contribution is -0.122. The molecule has 3 rings (SSSR count). The molecule has 1 fully saturated rings. The van der Waals surface area contributed by atoms with Crippen LogP contribution < -0.4 is 5.32 Å². The first-order valence-electron chi connectivity index (χ1n) is 9.13. The largest absolute Gasteiger partial charge is 0.462 e. The molecular weight excluding hydrogens is 404 g/mol. The third kappa shape index (κ3) is 5.76. The zero-order chi connectivity index (χ0) is 19.2. The van der Waals surface area contributed by atoms with Crippen molar-refractivity contribution in [2.45, 2.75) is 33.2 Å². The highest BCUT2D eigenvalue weighted by molar-refractivity contribution is 7.03. The number of likely N-dealkylation sites (tertiary alicyclic amines) is 1. The quantitative estimate of drug-likeness (QED) is 0.677. The van der Waals surface area contributed by atoms with Crippen molar-refractivity contribution in [1.29, 1.82) is 0 Å². The molecule has 0 aliphatic carbocycles. The standard InChI is InChI=1S/C18H24N4O4S.ClH/c1-3-25-18(24)13-8-15(14-11-27-21-20-14)26-16(13)9-19-17(23)10-22-6-4-12(2)5-7-22;/h8,11-12H,3-7,9-10H2,1-2H3,(H,19,23);1H. The van der Waals surface area contributed by atoms with Crippen molar-refractivity contribution in [1.82, 2.24) is 19.8 Å². The second-order valence-corrected chi connectivity index (χ2v) is 7.30. The zero-order valence-electron chi connectivity index (χ0n) is 16.0. The van der Waals surface area contributed by atoms with Gasteiger partial charge < -0.3 is 14.5 Å². The van der Waals surface area contributed by atoms with Crippen molar-refractivity contribution in [2.75, 3.05) is 26.2 Å². The van der Waals surface area contributed by atoms with E-state index in [0.29, 0.717) is 29.3 Å². The number of hydrogen-bond donors (Lipinski definition) is 1. The number of nitrogens with zero attached hydrogens (tertiary/aromatic N) is 3. The van der Waals surface area contributed by atoms with Crippen LogP contribution in [0.25, 0.3) is 11.5 Å². The summed E-state index contributed by atoms with van der Waals surface area (Å²) in [7, 11) is 0. The minimum atomic E-state index is -0.482. The number of amides is 1. The summed E-state index contributed by atoms with van der Waals surface area (Å²) in [6.45, 7) is 6.58. The van der Waals surface area contributed by atoms with Crippen LogP contribution in [0.3, 0.4) is 0 Å². The smallest absolute Gasteiger partial charge is 0.341 e. The highest BCUT2D eigenvalue weighted by Gasteiger charge is 2.22. The molecule has 1 aliphatic heterocycles. The van der Waals surface area contributed by atoms with Crippen molar-refractivity contribution in [3.8, 4) is 11.5 Å². The summed E-state index contributed by atoms with van der Waals surface area (Å²) in [6, 6.07) is 1.59. The van der Waals surface area contributed by atoms with Crippen LogP contribution in [-0.4, -0.2) is 52.6 Å². The van der Waals surface area contributed by atoms with Crippen LogP contribution in [0.15, 0.2) is 15.9 Å². The summed E-state index contributed by atoms with van der Waals surface area (Å²) in [6.07, 6.45) is 2.23. The molecule has 10 heteroatoms. The molecule has 0 unspecified atom stereocenters. The Bertz CT molecular complexity index is 773. The molecule has 154 valence electrons. The first kappa shape index (κ1) is 22.3. The van der Waals surface area contributed by atoms with E-state index in [2.05, 4.69) is 26.7 Å². The molecule has 2 aromatic rings. The van der Waals surface area contributed by atoms with E-state index >= 15 is 0 Å². The fourth-order valence-corrected chi connectivity index (χ4v) is 3.44. The maximum atomic E-state index is 12.3. The maximum absolute atomic E-state index is 12.3. The average Bonchev–Trinajstić information content (AvgIpc) is 3.31. The van der Waals surface area contributed by atoms with E-state index in [0.717, 1.165) is 31.8 Å². The van der Waals surface area contributed by atoms with Gasteiger partial charge in [0.15, 0.2) is 5.76 Å². The van der Waals surface area contributed by atoms with Gasteiger partial charge in [0.25, 0.3) is 0 Å². The number of aromatic nitrogens is 2. The fourth-order valence-electron chi connectivity index (χ4n) is 3.00. The number of carbonyl (C=O) groups excluding carboxylic acids is 2. The summed E-state index contributed by atoms with van der Waals surface area (Å²) >= 11 is 1.19. The molecular formula is C18H25ClN4O4S. The van der Waals surface area contributed by atoms with Gasteiger partial charge in [-0.2, -0.15) is 0 Å². The second-order valence-electron chi connectivity index (χ2n) is 6.69. The Morgan fingerprint density at radius 1 is 1.39 bits per heavy atom. The van der Waals surface area contributed by atoms with Crippen LogP contribution in [0.4, 0.5) is 0 Å². The van der Waals surface area contributed by atoms with Crippen LogP contribution in [0.5, 0.6) is 0 Å². The number of nitrogens with one attached hydrogen (secondary N) is 1. The molecule has 28 heavy (non-hydrogen) atoms. The summed E-state index contributed by atoms with van der Waals surface area (Å²) < 4.78 is 14.6. The molecule has 3 heterocycles. The van der Waals surface area contributed by atoms with Crippen molar-refractivity contribution in [3.63, 3.8) is 0 Å². The van der Waals surface area contributed by atoms with Crippen molar-refractivity contribution < 1.29 is 18.7 Å². The number of hydrogen-bond acceptors (Lipinski definition) is 8. The zero-order valence-corrected chi connectivity index (χ0v) is 17.6. The Morgan fingerprint density at radius 2 is 2.14 bits per heavy atom. The monoisotopic (exact) mass is 428 g/mol. The van der Waals surface area contributed by atoms with E-state index in [9.17, 15) is 9.59 Å². The lowest BCUT2D eigenvalue weighted by atomic mass is 9.99. The molecule has 1 amide bonds. The molecule has 0 radical (unpaired) electrons. The van der Waals surface area contributed by atoms with Gasteiger partial charge >= 0.3 is 5.97 Å².